The van der Waals surface area contributed by atoms with E-state index >= 15 is 0 Å². The van der Waals surface area contributed by atoms with E-state index in [1.165, 1.54) is 0 Å². The third kappa shape index (κ3) is 4.70. The van der Waals surface area contributed by atoms with Crippen molar-refractivity contribution >= 4 is 17.3 Å². The first-order valence-corrected chi connectivity index (χ1v) is 12.1. The Morgan fingerprint density at radius 3 is 1.49 bits per heavy atom. The van der Waals surface area contributed by atoms with Gasteiger partial charge in [-0.3, -0.25) is 14.9 Å². The molecule has 0 spiro atoms. The summed E-state index contributed by atoms with van der Waals surface area (Å²) in [7, 11) is 0. The van der Waals surface area contributed by atoms with Crippen molar-refractivity contribution in [2.24, 2.45) is 0 Å². The van der Waals surface area contributed by atoms with E-state index in [9.17, 15) is 0 Å². The summed E-state index contributed by atoms with van der Waals surface area (Å²) in [6.07, 6.45) is 3.56. The van der Waals surface area contributed by atoms with E-state index in [1.54, 1.807) is 12.4 Å². The molecule has 0 aliphatic carbocycles. The Morgan fingerprint density at radius 2 is 0.919 bits per heavy atom. The number of nitrogens with zero attached hydrogens (tertiary/aromatic N) is 5. The van der Waals surface area contributed by atoms with Crippen LogP contribution in [0.4, 0.5) is 17.3 Å². The van der Waals surface area contributed by atoms with Crippen molar-refractivity contribution in [2.75, 3.05) is 4.90 Å². The largest absolute Gasteiger partial charge is 0.278 e. The van der Waals surface area contributed by atoms with Crippen LogP contribution in [0.3, 0.4) is 0 Å². The van der Waals surface area contributed by atoms with Gasteiger partial charge in [0.05, 0.1) is 28.5 Å². The smallest absolute Gasteiger partial charge is 0.139 e. The van der Waals surface area contributed by atoms with Crippen molar-refractivity contribution in [3.63, 3.8) is 0 Å². The minimum Gasteiger partial charge on any atom is -0.278 e. The topological polar surface area (TPSA) is 54.8 Å². The van der Waals surface area contributed by atoms with E-state index in [0.29, 0.717) is 0 Å². The van der Waals surface area contributed by atoms with E-state index in [4.69, 9.17) is 9.97 Å². The highest BCUT2D eigenvalue weighted by molar-refractivity contribution is 5.86. The van der Waals surface area contributed by atoms with Gasteiger partial charge in [0.15, 0.2) is 0 Å². The van der Waals surface area contributed by atoms with Gasteiger partial charge in [0.2, 0.25) is 0 Å². The van der Waals surface area contributed by atoms with Gasteiger partial charge in [0.1, 0.15) is 11.6 Å². The van der Waals surface area contributed by atoms with Gasteiger partial charge in [-0.1, -0.05) is 72.8 Å². The Bertz CT molecular complexity index is 1540. The Kier molecular flexibility index (Phi) is 6.16. The quantitative estimate of drug-likeness (QED) is 0.246. The van der Waals surface area contributed by atoms with Crippen LogP contribution in [0.25, 0.3) is 33.9 Å². The molecule has 4 heterocycles. The molecule has 0 saturated heterocycles. The predicted molar refractivity (Wildman–Crippen MR) is 149 cm³/mol. The van der Waals surface area contributed by atoms with Gasteiger partial charge in [-0.2, -0.15) is 0 Å². The zero-order valence-corrected chi connectivity index (χ0v) is 20.0. The van der Waals surface area contributed by atoms with Crippen LogP contribution in [-0.2, 0) is 0 Å². The molecule has 5 heteroatoms. The van der Waals surface area contributed by atoms with Crippen molar-refractivity contribution in [3.05, 3.63) is 140 Å². The maximum Gasteiger partial charge on any atom is 0.139 e. The zero-order chi connectivity index (χ0) is 24.9. The van der Waals surface area contributed by atoms with Gasteiger partial charge in [-0.05, 0) is 60.2 Å². The van der Waals surface area contributed by atoms with Gasteiger partial charge in [0.25, 0.3) is 0 Å². The Labute approximate surface area is 215 Å². The first-order valence-electron chi connectivity index (χ1n) is 12.1. The fourth-order valence-electron chi connectivity index (χ4n) is 4.30. The molecule has 6 rings (SSSR count). The lowest BCUT2D eigenvalue weighted by molar-refractivity contribution is 1.12. The van der Waals surface area contributed by atoms with E-state index < -0.39 is 0 Å². The van der Waals surface area contributed by atoms with Crippen LogP contribution in [0.15, 0.2) is 140 Å². The highest BCUT2D eigenvalue weighted by Gasteiger charge is 2.20. The number of rotatable bonds is 6. The maximum atomic E-state index is 5.04. The lowest BCUT2D eigenvalue weighted by atomic mass is 10.0. The van der Waals surface area contributed by atoms with Crippen LogP contribution in [0, 0.1) is 0 Å². The normalized spacial score (nSPS) is 10.7. The molecule has 176 valence electrons. The van der Waals surface area contributed by atoms with Crippen LogP contribution >= 0.6 is 0 Å². The van der Waals surface area contributed by atoms with Crippen LogP contribution in [0.5, 0.6) is 0 Å². The third-order valence-electron chi connectivity index (χ3n) is 6.01. The number of para-hydroxylation sites is 1. The number of anilines is 3. The molecule has 0 atom stereocenters. The molecule has 4 aromatic heterocycles. The molecule has 0 aliphatic heterocycles. The summed E-state index contributed by atoms with van der Waals surface area (Å²) >= 11 is 0. The van der Waals surface area contributed by atoms with E-state index in [0.717, 1.165) is 51.2 Å². The predicted octanol–water partition coefficient (Wildman–Crippen LogP) is 7.74. The Morgan fingerprint density at radius 1 is 0.405 bits per heavy atom. The average molecular weight is 478 g/mol. The summed E-state index contributed by atoms with van der Waals surface area (Å²) in [5.74, 6) is 1.49. The Hall–Kier alpha value is -5.16. The first-order chi connectivity index (χ1) is 18.4. The van der Waals surface area contributed by atoms with E-state index in [1.807, 2.05) is 84.9 Å². The zero-order valence-electron chi connectivity index (χ0n) is 20.0. The standard InChI is InChI=1S/C32H23N5/c1-2-12-24(13-3-1)25-14-4-5-19-30(25)37(31-20-10-17-28(35-31)26-15-6-8-22-33-26)32-21-11-18-29(36-32)27-16-7-9-23-34-27/h1-23H. The summed E-state index contributed by atoms with van der Waals surface area (Å²) in [4.78, 5) is 21.2. The van der Waals surface area contributed by atoms with Crippen molar-refractivity contribution in [1.82, 2.24) is 19.9 Å². The van der Waals surface area contributed by atoms with Gasteiger partial charge >= 0.3 is 0 Å². The van der Waals surface area contributed by atoms with Crippen molar-refractivity contribution < 1.29 is 0 Å². The lowest BCUT2D eigenvalue weighted by Gasteiger charge is -2.26. The molecule has 6 aromatic rings. The minimum atomic E-state index is 0.747. The van der Waals surface area contributed by atoms with Gasteiger partial charge in [-0.25, -0.2) is 9.97 Å². The van der Waals surface area contributed by atoms with Crippen molar-refractivity contribution in [3.8, 4) is 33.9 Å². The Balaban J connectivity index is 1.56. The molecule has 0 saturated carbocycles. The molecular weight excluding hydrogens is 454 g/mol. The average Bonchev–Trinajstić information content (AvgIpc) is 2.99. The number of benzene rings is 2. The maximum absolute atomic E-state index is 5.04. The van der Waals surface area contributed by atoms with Crippen molar-refractivity contribution in [2.45, 2.75) is 0 Å². The van der Waals surface area contributed by atoms with Gasteiger partial charge in [-0.15, -0.1) is 0 Å². The number of aromatic nitrogens is 4. The van der Waals surface area contributed by atoms with Crippen molar-refractivity contribution in [1.29, 1.82) is 0 Å². The SMILES string of the molecule is c1ccc(-c2ccccc2N(c2cccc(-c3ccccn3)n2)c2cccc(-c3ccccn3)n2)cc1. The van der Waals surface area contributed by atoms with Gasteiger partial charge < -0.3 is 0 Å². The first kappa shape index (κ1) is 22.3. The summed E-state index contributed by atoms with van der Waals surface area (Å²) in [5, 5.41) is 0. The van der Waals surface area contributed by atoms with Crippen LogP contribution in [0.1, 0.15) is 0 Å². The van der Waals surface area contributed by atoms with Crippen LogP contribution in [-0.4, -0.2) is 19.9 Å². The third-order valence-corrected chi connectivity index (χ3v) is 6.01. The second-order valence-electron chi connectivity index (χ2n) is 8.41. The molecule has 0 fully saturated rings. The fourth-order valence-corrected chi connectivity index (χ4v) is 4.30. The lowest BCUT2D eigenvalue weighted by Crippen LogP contribution is -2.14. The van der Waals surface area contributed by atoms with Gasteiger partial charge in [0, 0.05) is 18.0 Å². The molecule has 0 amide bonds. The molecule has 0 radical (unpaired) electrons. The molecule has 0 bridgehead atoms. The van der Waals surface area contributed by atoms with Crippen LogP contribution < -0.4 is 4.90 Å². The molecule has 37 heavy (non-hydrogen) atoms. The second-order valence-corrected chi connectivity index (χ2v) is 8.41. The number of pyridine rings is 4. The van der Waals surface area contributed by atoms with Crippen LogP contribution in [0.2, 0.25) is 0 Å². The fraction of sp³-hybridized carbons (Fsp3) is 0. The highest BCUT2D eigenvalue weighted by atomic mass is 15.2. The number of hydrogen-bond acceptors (Lipinski definition) is 5. The minimum absolute atomic E-state index is 0.747. The molecule has 5 nitrogen and oxygen atoms in total. The summed E-state index contributed by atoms with van der Waals surface area (Å²) in [5.41, 5.74) is 6.39. The van der Waals surface area contributed by atoms with E-state index in [-0.39, 0.29) is 0 Å². The summed E-state index contributed by atoms with van der Waals surface area (Å²) in [6, 6.07) is 42.4. The molecule has 0 unspecified atom stereocenters. The monoisotopic (exact) mass is 477 g/mol. The molecule has 2 aromatic carbocycles. The number of hydrogen-bond donors (Lipinski definition) is 0. The molecule has 0 aliphatic rings. The highest BCUT2D eigenvalue weighted by Crippen LogP contribution is 2.40. The second kappa shape index (κ2) is 10.2. The summed E-state index contributed by atoms with van der Waals surface area (Å²) < 4.78 is 0. The molecular formula is C32H23N5. The molecule has 0 N–H and O–H groups in total. The summed E-state index contributed by atoms with van der Waals surface area (Å²) in [6.45, 7) is 0. The van der Waals surface area contributed by atoms with E-state index in [2.05, 4.69) is 57.3 Å².